The maximum atomic E-state index is 5.94. The molecule has 158 valence electrons. The molecule has 0 bridgehead atoms. The lowest BCUT2D eigenvalue weighted by atomic mass is 10.2. The first-order chi connectivity index (χ1) is 14.1. The van der Waals surface area contributed by atoms with Crippen LogP contribution in [0.25, 0.3) is 0 Å². The van der Waals surface area contributed by atoms with Gasteiger partial charge in [0.15, 0.2) is 11.4 Å². The van der Waals surface area contributed by atoms with Crippen molar-refractivity contribution in [3.8, 4) is 5.75 Å². The molecule has 29 heavy (non-hydrogen) atoms. The lowest BCUT2D eigenvalue weighted by Gasteiger charge is -2.34. The SMILES string of the molecule is CCOc1ccccc1N1CC[NH+](Cn2c(C)c(C)n(C3CCCC3)c2=S)CC1. The maximum Gasteiger partial charge on any atom is 0.184 e. The summed E-state index contributed by atoms with van der Waals surface area (Å²) in [6.07, 6.45) is 5.24. The topological polar surface area (TPSA) is 26.8 Å². The molecule has 0 spiro atoms. The summed E-state index contributed by atoms with van der Waals surface area (Å²) in [4.78, 5) is 4.08. The second-order valence-corrected chi connectivity index (χ2v) is 8.85. The van der Waals surface area contributed by atoms with Crippen LogP contribution in [-0.2, 0) is 6.67 Å². The number of nitrogens with zero attached hydrogens (tertiary/aromatic N) is 3. The van der Waals surface area contributed by atoms with Gasteiger partial charge in [-0.3, -0.25) is 4.57 Å². The number of benzene rings is 1. The van der Waals surface area contributed by atoms with Gasteiger partial charge in [0.1, 0.15) is 5.75 Å². The van der Waals surface area contributed by atoms with Crippen molar-refractivity contribution in [2.75, 3.05) is 37.7 Å². The Morgan fingerprint density at radius 2 is 1.76 bits per heavy atom. The first kappa shape index (κ1) is 20.5. The number of para-hydroxylation sites is 2. The summed E-state index contributed by atoms with van der Waals surface area (Å²) in [5, 5.41) is 0. The van der Waals surface area contributed by atoms with Crippen LogP contribution in [0, 0.1) is 18.6 Å². The Balaban J connectivity index is 1.44. The van der Waals surface area contributed by atoms with E-state index in [0.717, 1.165) is 43.4 Å². The molecule has 1 aliphatic carbocycles. The zero-order valence-electron chi connectivity index (χ0n) is 18.1. The zero-order chi connectivity index (χ0) is 20.4. The largest absolute Gasteiger partial charge is 0.492 e. The van der Waals surface area contributed by atoms with Gasteiger partial charge in [0.25, 0.3) is 0 Å². The van der Waals surface area contributed by atoms with E-state index in [1.54, 1.807) is 4.90 Å². The molecule has 2 aliphatic rings. The minimum absolute atomic E-state index is 0.615. The van der Waals surface area contributed by atoms with E-state index in [-0.39, 0.29) is 0 Å². The van der Waals surface area contributed by atoms with Gasteiger partial charge in [-0.2, -0.15) is 0 Å². The first-order valence-electron chi connectivity index (χ1n) is 11.2. The fourth-order valence-electron chi connectivity index (χ4n) is 5.01. The predicted molar refractivity (Wildman–Crippen MR) is 121 cm³/mol. The Bertz CT molecular complexity index is 889. The maximum absolute atomic E-state index is 5.94. The summed E-state index contributed by atoms with van der Waals surface area (Å²) in [7, 11) is 0. The molecule has 2 aromatic rings. The molecule has 0 atom stereocenters. The molecule has 2 heterocycles. The number of ether oxygens (including phenoxy) is 1. The van der Waals surface area contributed by atoms with Gasteiger partial charge in [0.05, 0.1) is 38.5 Å². The van der Waals surface area contributed by atoms with Crippen LogP contribution >= 0.6 is 12.2 Å². The minimum Gasteiger partial charge on any atom is -0.492 e. The number of quaternary nitrogens is 1. The highest BCUT2D eigenvalue weighted by molar-refractivity contribution is 7.71. The Morgan fingerprint density at radius 3 is 2.45 bits per heavy atom. The Kier molecular flexibility index (Phi) is 6.30. The fourth-order valence-corrected chi connectivity index (χ4v) is 5.49. The Labute approximate surface area is 179 Å². The van der Waals surface area contributed by atoms with Crippen LogP contribution in [0.3, 0.4) is 0 Å². The van der Waals surface area contributed by atoms with Crippen LogP contribution in [0.4, 0.5) is 5.69 Å². The third-order valence-corrected chi connectivity index (χ3v) is 7.19. The van der Waals surface area contributed by atoms with Gasteiger partial charge >= 0.3 is 0 Å². The number of anilines is 1. The molecular formula is C23H35N4OS+. The molecule has 0 radical (unpaired) electrons. The number of piperazine rings is 1. The van der Waals surface area contributed by atoms with Crippen LogP contribution in [0.2, 0.25) is 0 Å². The summed E-state index contributed by atoms with van der Waals surface area (Å²) >= 11 is 5.94. The van der Waals surface area contributed by atoms with Crippen molar-refractivity contribution in [2.45, 2.75) is 59.2 Å². The lowest BCUT2D eigenvalue weighted by Crippen LogP contribution is -3.14. The molecule has 4 rings (SSSR count). The van der Waals surface area contributed by atoms with Gasteiger partial charge in [-0.05, 0) is 58.0 Å². The van der Waals surface area contributed by atoms with Gasteiger partial charge in [-0.15, -0.1) is 0 Å². The predicted octanol–water partition coefficient (Wildman–Crippen LogP) is 3.51. The number of imidazole rings is 1. The molecule has 1 N–H and O–H groups in total. The lowest BCUT2D eigenvalue weighted by molar-refractivity contribution is -0.923. The molecule has 1 aromatic carbocycles. The summed E-state index contributed by atoms with van der Waals surface area (Å²) in [5.41, 5.74) is 3.94. The molecule has 1 saturated carbocycles. The van der Waals surface area contributed by atoms with Gasteiger partial charge in [-0.1, -0.05) is 25.0 Å². The van der Waals surface area contributed by atoms with E-state index in [0.29, 0.717) is 12.6 Å². The van der Waals surface area contributed by atoms with Crippen LogP contribution in [0.5, 0.6) is 5.75 Å². The van der Waals surface area contributed by atoms with E-state index in [2.05, 4.69) is 52.1 Å². The van der Waals surface area contributed by atoms with Crippen molar-refractivity contribution in [1.29, 1.82) is 0 Å². The number of nitrogens with one attached hydrogen (secondary N) is 1. The number of hydrogen-bond donors (Lipinski definition) is 1. The van der Waals surface area contributed by atoms with E-state index in [9.17, 15) is 0 Å². The summed E-state index contributed by atoms with van der Waals surface area (Å²) in [6, 6.07) is 9.03. The second kappa shape index (κ2) is 8.92. The molecule has 1 saturated heterocycles. The van der Waals surface area contributed by atoms with Gasteiger partial charge in [0.2, 0.25) is 0 Å². The van der Waals surface area contributed by atoms with E-state index in [4.69, 9.17) is 17.0 Å². The molecule has 5 nitrogen and oxygen atoms in total. The van der Waals surface area contributed by atoms with Crippen LogP contribution < -0.4 is 14.5 Å². The van der Waals surface area contributed by atoms with E-state index < -0.39 is 0 Å². The van der Waals surface area contributed by atoms with Crippen molar-refractivity contribution in [1.82, 2.24) is 9.13 Å². The molecule has 1 aliphatic heterocycles. The van der Waals surface area contributed by atoms with E-state index in [1.807, 2.05) is 6.92 Å². The number of hydrogen-bond acceptors (Lipinski definition) is 3. The van der Waals surface area contributed by atoms with Crippen molar-refractivity contribution in [3.05, 3.63) is 40.4 Å². The van der Waals surface area contributed by atoms with Crippen LogP contribution in [-0.4, -0.2) is 41.9 Å². The third-order valence-electron chi connectivity index (χ3n) is 6.77. The quantitative estimate of drug-likeness (QED) is 0.732. The minimum atomic E-state index is 0.615. The average molecular weight is 416 g/mol. The Hall–Kier alpha value is -1.79. The van der Waals surface area contributed by atoms with Crippen molar-refractivity contribution in [2.24, 2.45) is 0 Å². The average Bonchev–Trinajstić information content (AvgIpc) is 3.33. The highest BCUT2D eigenvalue weighted by Gasteiger charge is 2.26. The van der Waals surface area contributed by atoms with Crippen molar-refractivity contribution < 1.29 is 9.64 Å². The van der Waals surface area contributed by atoms with Crippen LogP contribution in [0.15, 0.2) is 24.3 Å². The molecule has 0 unspecified atom stereocenters. The summed E-state index contributed by atoms with van der Waals surface area (Å²) < 4.78 is 11.7. The van der Waals surface area contributed by atoms with E-state index in [1.165, 1.54) is 42.8 Å². The standard InChI is InChI=1S/C23H34N4OS/c1-4-28-22-12-8-7-11-21(22)25-15-13-24(14-16-25)17-26-18(2)19(3)27(23(26)29)20-9-5-6-10-20/h7-8,11-12,20H,4-6,9-10,13-17H2,1-3H3/p+1. The summed E-state index contributed by atoms with van der Waals surface area (Å²) in [6.45, 7) is 12.6. The fraction of sp³-hybridized carbons (Fsp3) is 0.609. The monoisotopic (exact) mass is 415 g/mol. The molecule has 1 aromatic heterocycles. The highest BCUT2D eigenvalue weighted by Crippen LogP contribution is 2.32. The van der Waals surface area contributed by atoms with Crippen molar-refractivity contribution >= 4 is 17.9 Å². The molecule has 6 heteroatoms. The smallest absolute Gasteiger partial charge is 0.184 e. The van der Waals surface area contributed by atoms with Gasteiger partial charge in [-0.25, -0.2) is 0 Å². The summed E-state index contributed by atoms with van der Waals surface area (Å²) in [5.74, 6) is 1.00. The van der Waals surface area contributed by atoms with Crippen molar-refractivity contribution in [3.63, 3.8) is 0 Å². The number of rotatable bonds is 6. The Morgan fingerprint density at radius 1 is 1.07 bits per heavy atom. The highest BCUT2D eigenvalue weighted by atomic mass is 32.1. The van der Waals surface area contributed by atoms with Gasteiger partial charge in [0, 0.05) is 17.4 Å². The first-order valence-corrected chi connectivity index (χ1v) is 11.6. The molecule has 2 fully saturated rings. The van der Waals surface area contributed by atoms with Crippen LogP contribution in [0.1, 0.15) is 50.0 Å². The molecule has 0 amide bonds. The normalized spacial score (nSPS) is 18.5. The third kappa shape index (κ3) is 4.10. The number of aromatic nitrogens is 2. The second-order valence-electron chi connectivity index (χ2n) is 8.49. The molecular weight excluding hydrogens is 380 g/mol. The van der Waals surface area contributed by atoms with Gasteiger partial charge < -0.3 is 19.1 Å². The zero-order valence-corrected chi connectivity index (χ0v) is 18.9. The van der Waals surface area contributed by atoms with E-state index >= 15 is 0 Å².